The Hall–Kier alpha value is -4.85. The normalized spacial score (nSPS) is 18.2. The molecule has 21 heteroatoms. The van der Waals surface area contributed by atoms with Crippen molar-refractivity contribution in [2.24, 2.45) is 20.5 Å². The van der Waals surface area contributed by atoms with Crippen LogP contribution in [0.5, 0.6) is 0 Å². The molecule has 276 valence electrons. The van der Waals surface area contributed by atoms with Crippen LogP contribution < -0.4 is 0 Å². The molecule has 2 unspecified atom stereocenters. The van der Waals surface area contributed by atoms with Crippen LogP contribution >= 0.6 is 0 Å². The van der Waals surface area contributed by atoms with Gasteiger partial charge >= 0.3 is 48.9 Å². The summed E-state index contributed by atoms with van der Waals surface area (Å²) in [6.07, 6.45) is 12.6. The van der Waals surface area contributed by atoms with Gasteiger partial charge in [0.1, 0.15) is 11.4 Å². The molecule has 0 bridgehead atoms. The number of rotatable bonds is 6. The van der Waals surface area contributed by atoms with Gasteiger partial charge in [0.2, 0.25) is 11.6 Å². The zero-order valence-electron chi connectivity index (χ0n) is 28.4. The molecule has 18 nitrogen and oxygen atoms in total. The van der Waals surface area contributed by atoms with Crippen LogP contribution in [0.25, 0.3) is 0 Å². The van der Waals surface area contributed by atoms with Gasteiger partial charge in [0, 0.05) is 65.3 Å². The van der Waals surface area contributed by atoms with Crippen LogP contribution in [-0.4, -0.2) is 107 Å². The molecular weight excluding hydrogens is 886 g/mol. The number of aryl methyl sites for hydroxylation is 2. The maximum Gasteiger partial charge on any atom is 2.00 e. The van der Waals surface area contributed by atoms with Crippen LogP contribution in [0.2, 0.25) is 0 Å². The number of allylic oxidation sites excluding steroid dienone is 14. The number of nitrogens with zero attached hydrogens (tertiary/aromatic N) is 6. The topological polar surface area (TPSA) is 291 Å². The molecular formula is C34H24BaN6O12S2. The summed E-state index contributed by atoms with van der Waals surface area (Å²) in [5.41, 5.74) is 2.73. The molecule has 4 aliphatic carbocycles. The zero-order chi connectivity index (χ0) is 39.5. The summed E-state index contributed by atoms with van der Waals surface area (Å²) < 4.78 is 63.3. The van der Waals surface area contributed by atoms with Gasteiger partial charge in [-0.2, -0.15) is 0 Å². The van der Waals surface area contributed by atoms with Crippen LogP contribution in [0.15, 0.2) is 151 Å². The Labute approximate surface area is 352 Å². The van der Waals surface area contributed by atoms with Crippen molar-refractivity contribution in [2.45, 2.75) is 13.8 Å². The number of hydrogen-bond donors (Lipinski definition) is 2. The van der Waals surface area contributed by atoms with Crippen LogP contribution in [0.3, 0.4) is 0 Å². The summed E-state index contributed by atoms with van der Waals surface area (Å²) in [7, 11) is -8.77. The number of nitro benzene ring substituents is 2. The Morgan fingerprint density at radius 2 is 0.945 bits per heavy atom. The number of non-ortho nitro benzene ring substituents is 2. The van der Waals surface area contributed by atoms with Gasteiger partial charge in [-0.05, 0) is 72.6 Å². The van der Waals surface area contributed by atoms with E-state index in [0.717, 1.165) is 12.2 Å². The second-order valence-corrected chi connectivity index (χ2v) is 14.2. The second kappa shape index (κ2) is 17.3. The number of hydrogen-bond acceptors (Lipinski definition) is 14. The van der Waals surface area contributed by atoms with Crippen molar-refractivity contribution < 1.29 is 46.1 Å². The van der Waals surface area contributed by atoms with Gasteiger partial charge in [0.05, 0.1) is 21.2 Å². The van der Waals surface area contributed by atoms with Crippen molar-refractivity contribution in [3.8, 4) is 0 Å². The molecule has 0 aromatic heterocycles. The largest absolute Gasteiger partial charge is 2.00 e. The maximum absolute atomic E-state index is 12.2. The number of benzene rings is 2. The first-order valence-electron chi connectivity index (χ1n) is 15.1. The van der Waals surface area contributed by atoms with Gasteiger partial charge in [0.15, 0.2) is 0 Å². The fraction of sp³-hybridized carbons (Fsp3) is 0.0588. The summed E-state index contributed by atoms with van der Waals surface area (Å²) in [6.45, 7) is 3.38. The van der Waals surface area contributed by atoms with Crippen LogP contribution in [0.4, 0.5) is 22.7 Å². The first-order valence-corrected chi connectivity index (χ1v) is 18.0. The number of nitro groups is 2. The smallest absolute Gasteiger partial charge is 0.757 e. The predicted octanol–water partition coefficient (Wildman–Crippen LogP) is 5.49. The predicted molar refractivity (Wildman–Crippen MR) is 200 cm³/mol. The Morgan fingerprint density at radius 3 is 1.27 bits per heavy atom. The molecule has 0 saturated carbocycles. The average Bonchev–Trinajstić information content (AvgIpc) is 3.11. The van der Waals surface area contributed by atoms with Crippen molar-refractivity contribution in [1.29, 1.82) is 0 Å². The quantitative estimate of drug-likeness (QED) is 0.120. The van der Waals surface area contributed by atoms with E-state index in [2.05, 4.69) is 20.5 Å². The van der Waals surface area contributed by atoms with Gasteiger partial charge in [-0.25, -0.2) is 0 Å². The van der Waals surface area contributed by atoms with Gasteiger partial charge in [0.25, 0.3) is 11.4 Å². The summed E-state index contributed by atoms with van der Waals surface area (Å²) in [5.74, 6) is -0.900. The van der Waals surface area contributed by atoms with E-state index in [1.54, 1.807) is 13.8 Å². The fourth-order valence-electron chi connectivity index (χ4n) is 4.92. The van der Waals surface area contributed by atoms with Crippen molar-refractivity contribution in [2.75, 3.05) is 0 Å². The molecule has 2 N–H and O–H groups in total. The van der Waals surface area contributed by atoms with Gasteiger partial charge in [-0.15, -0.1) is 20.5 Å². The number of carbonyl (C=O) groups excluding carboxylic acids is 2. The Morgan fingerprint density at radius 1 is 0.582 bits per heavy atom. The van der Waals surface area contributed by atoms with Crippen LogP contribution in [0, 0.1) is 34.1 Å². The van der Waals surface area contributed by atoms with E-state index < -0.39 is 41.6 Å². The first-order chi connectivity index (χ1) is 25.3. The molecule has 0 fully saturated rings. The van der Waals surface area contributed by atoms with Gasteiger partial charge < -0.3 is 18.2 Å². The third-order valence-corrected chi connectivity index (χ3v) is 9.47. The van der Waals surface area contributed by atoms with Crippen molar-refractivity contribution in [1.82, 2.24) is 0 Å². The van der Waals surface area contributed by atoms with E-state index >= 15 is 0 Å². The van der Waals surface area contributed by atoms with E-state index in [1.807, 2.05) is 0 Å². The third kappa shape index (κ3) is 10.3. The molecule has 2 aromatic carbocycles. The Balaban J connectivity index is 0.000000240. The number of fused-ring (bicyclic) bond motifs is 2. The molecule has 0 spiro atoms. The fourth-order valence-corrected chi connectivity index (χ4v) is 5.95. The van der Waals surface area contributed by atoms with Crippen LogP contribution in [0.1, 0.15) is 11.1 Å². The summed E-state index contributed by atoms with van der Waals surface area (Å²) in [5, 5.41) is 37.6. The van der Waals surface area contributed by atoms with Gasteiger partial charge in [-0.3, -0.25) is 38.2 Å². The number of ketones is 2. The third-order valence-electron chi connectivity index (χ3n) is 7.77. The van der Waals surface area contributed by atoms with Gasteiger partial charge in [-0.1, -0.05) is 36.4 Å². The molecule has 2 aromatic rings. The molecule has 0 saturated heterocycles. The van der Waals surface area contributed by atoms with E-state index in [1.165, 1.54) is 85.0 Å². The Bertz CT molecular complexity index is 2470. The summed E-state index contributed by atoms with van der Waals surface area (Å²) in [6, 6.07) is 8.19. The molecule has 4 aliphatic rings. The average molecular weight is 910 g/mol. The molecule has 0 amide bonds. The molecule has 0 heterocycles. The Kier molecular flexibility index (Phi) is 13.5. The minimum absolute atomic E-state index is 0. The maximum atomic E-state index is 12.2. The van der Waals surface area contributed by atoms with E-state index in [-0.39, 0.29) is 92.8 Å². The van der Waals surface area contributed by atoms with E-state index in [0.29, 0.717) is 33.4 Å². The molecule has 0 aliphatic heterocycles. The number of carbonyl (C=O) groups is 2. The molecule has 55 heavy (non-hydrogen) atoms. The van der Waals surface area contributed by atoms with E-state index in [9.17, 15) is 47.3 Å². The monoisotopic (exact) mass is 910 g/mol. The second-order valence-electron chi connectivity index (χ2n) is 11.4. The summed E-state index contributed by atoms with van der Waals surface area (Å²) >= 11 is 0. The van der Waals surface area contributed by atoms with Crippen molar-refractivity contribution in [3.05, 3.63) is 162 Å². The first kappa shape index (κ1) is 42.9. The minimum atomic E-state index is -4.39. The SMILES string of the molecule is Cc1ccc([N+](=O)[O-])cc1N=NC1=C2C=CC(=S(=O)([O-])O)C=C2C=CC1=O.Cc1ccc([N+](=O)[O-])cc1N=NC1=C2C=CC(=S(=O)([O-])O)C=C2C=CC1=O.[Ba+2]. The zero-order valence-corrected chi connectivity index (χ0v) is 34.5. The van der Waals surface area contributed by atoms with Crippen molar-refractivity contribution in [3.63, 3.8) is 0 Å². The summed E-state index contributed by atoms with van der Waals surface area (Å²) in [4.78, 5) is 44.4. The number of azo groups is 2. The molecule has 6 rings (SSSR count). The van der Waals surface area contributed by atoms with E-state index in [4.69, 9.17) is 9.11 Å². The minimum Gasteiger partial charge on any atom is -0.757 e. The van der Waals surface area contributed by atoms with Crippen molar-refractivity contribution >= 4 is 113 Å². The standard InChI is InChI=1S/2C17H13N3O6S.Ba/c2*1-10-2-4-12(20(22)23)9-15(10)18-19-17-14-6-5-13(27(24,25)26)8-11(14)3-7-16(17)21;/h2*2-9H,1H3,(H2,24,25,26);/q;;+2/p-2. The van der Waals surface area contributed by atoms with Crippen LogP contribution in [-0.2, 0) is 29.8 Å². The molecule has 0 radical (unpaired) electrons. The molecule has 2 atom stereocenters.